The van der Waals surface area contributed by atoms with Crippen molar-refractivity contribution in [2.45, 2.75) is 18.8 Å². The third kappa shape index (κ3) is 2.52. The van der Waals surface area contributed by atoms with Gasteiger partial charge in [0.1, 0.15) is 0 Å². The van der Waals surface area contributed by atoms with Gasteiger partial charge in [-0.2, -0.15) is 0 Å². The highest BCUT2D eigenvalue weighted by Gasteiger charge is 2.37. The topological polar surface area (TPSA) is 37.3 Å². The fourth-order valence-corrected chi connectivity index (χ4v) is 4.76. The normalized spacial score (nSPS) is 19.1. The van der Waals surface area contributed by atoms with Gasteiger partial charge in [-0.3, -0.25) is 4.79 Å². The van der Waals surface area contributed by atoms with Crippen LogP contribution in [0.4, 0.5) is 0 Å². The molecule has 2 heteroatoms. The maximum atomic E-state index is 12.2. The van der Waals surface area contributed by atoms with Crippen LogP contribution in [0.1, 0.15) is 29.0 Å². The van der Waals surface area contributed by atoms with Crippen LogP contribution < -0.4 is 0 Å². The predicted molar refractivity (Wildman–Crippen MR) is 109 cm³/mol. The second kappa shape index (κ2) is 6.24. The fraction of sp³-hybridized carbons (Fsp3) is 0.160. The average molecular weight is 352 g/mol. The lowest BCUT2D eigenvalue weighted by atomic mass is 9.69. The standard InChI is InChI=1S/C25H20O2/c26-25(27)22-15-14-18-13-12-17-7-2-4-10-20(17)23(18)24(22)21-11-5-8-16-6-1-3-9-19(16)21/h1-13,22,24H,14-15H2,(H,26,27)/t22-,24+/m1/s1. The minimum Gasteiger partial charge on any atom is -0.481 e. The van der Waals surface area contributed by atoms with E-state index in [1.165, 1.54) is 21.9 Å². The maximum Gasteiger partial charge on any atom is 0.307 e. The van der Waals surface area contributed by atoms with Gasteiger partial charge in [-0.05, 0) is 51.1 Å². The Hall–Kier alpha value is -3.13. The number of carboxylic acids is 1. The van der Waals surface area contributed by atoms with E-state index in [0.29, 0.717) is 6.42 Å². The number of benzene rings is 4. The average Bonchev–Trinajstić information content (AvgIpc) is 2.72. The van der Waals surface area contributed by atoms with E-state index in [2.05, 4.69) is 54.6 Å². The molecule has 0 heterocycles. The minimum absolute atomic E-state index is 0.136. The zero-order valence-corrected chi connectivity index (χ0v) is 14.9. The number of hydrogen-bond acceptors (Lipinski definition) is 1. The second-order valence-corrected chi connectivity index (χ2v) is 7.39. The van der Waals surface area contributed by atoms with Crippen molar-refractivity contribution in [2.24, 2.45) is 5.92 Å². The first kappa shape index (κ1) is 16.1. The summed E-state index contributed by atoms with van der Waals surface area (Å²) in [5.74, 6) is -1.25. The molecule has 0 radical (unpaired) electrons. The van der Waals surface area contributed by atoms with Crippen LogP contribution in [0.5, 0.6) is 0 Å². The summed E-state index contributed by atoms with van der Waals surface area (Å²) in [6.07, 6.45) is 1.49. The zero-order valence-electron chi connectivity index (χ0n) is 14.9. The summed E-state index contributed by atoms with van der Waals surface area (Å²) in [7, 11) is 0. The predicted octanol–water partition coefficient (Wildman–Crippen LogP) is 5.77. The number of fused-ring (bicyclic) bond motifs is 4. The Labute approximate surface area is 158 Å². The molecule has 0 amide bonds. The number of rotatable bonds is 2. The summed E-state index contributed by atoms with van der Waals surface area (Å²) >= 11 is 0. The number of carbonyl (C=O) groups is 1. The van der Waals surface area contributed by atoms with E-state index >= 15 is 0 Å². The zero-order chi connectivity index (χ0) is 18.4. The van der Waals surface area contributed by atoms with Gasteiger partial charge in [-0.1, -0.05) is 78.9 Å². The van der Waals surface area contributed by atoms with Crippen molar-refractivity contribution in [1.82, 2.24) is 0 Å². The molecule has 1 N–H and O–H groups in total. The molecule has 0 saturated carbocycles. The monoisotopic (exact) mass is 352 g/mol. The lowest BCUT2D eigenvalue weighted by Gasteiger charge is -2.33. The summed E-state index contributed by atoms with van der Waals surface area (Å²) in [5.41, 5.74) is 3.60. The molecule has 4 aromatic rings. The van der Waals surface area contributed by atoms with Gasteiger partial charge in [-0.25, -0.2) is 0 Å². The molecule has 0 saturated heterocycles. The highest BCUT2D eigenvalue weighted by molar-refractivity contribution is 5.92. The Kier molecular flexibility index (Phi) is 3.71. The SMILES string of the molecule is O=C(O)[C@@H]1CCc2ccc3ccccc3c2[C@H]1c1cccc2ccccc12. The summed E-state index contributed by atoms with van der Waals surface area (Å²) < 4.78 is 0. The highest BCUT2D eigenvalue weighted by Crippen LogP contribution is 2.46. The Bertz CT molecular complexity index is 1170. The van der Waals surface area contributed by atoms with Gasteiger partial charge in [0.05, 0.1) is 5.92 Å². The van der Waals surface area contributed by atoms with E-state index in [0.717, 1.165) is 22.8 Å². The first-order valence-corrected chi connectivity index (χ1v) is 9.45. The molecule has 4 aromatic carbocycles. The molecule has 0 fully saturated rings. The Morgan fingerprint density at radius 2 is 1.44 bits per heavy atom. The van der Waals surface area contributed by atoms with Gasteiger partial charge in [0.25, 0.3) is 0 Å². The molecule has 1 aliphatic rings. The summed E-state index contributed by atoms with van der Waals surface area (Å²) in [4.78, 5) is 12.2. The summed E-state index contributed by atoms with van der Waals surface area (Å²) in [6, 6.07) is 27.2. The molecular formula is C25H20O2. The third-order valence-electron chi connectivity index (χ3n) is 5.97. The van der Waals surface area contributed by atoms with Crippen molar-refractivity contribution in [2.75, 3.05) is 0 Å². The van der Waals surface area contributed by atoms with Crippen molar-refractivity contribution in [3.63, 3.8) is 0 Å². The smallest absolute Gasteiger partial charge is 0.307 e. The van der Waals surface area contributed by atoms with Crippen LogP contribution in [0.2, 0.25) is 0 Å². The van der Waals surface area contributed by atoms with Gasteiger partial charge in [0, 0.05) is 5.92 Å². The van der Waals surface area contributed by atoms with E-state index in [9.17, 15) is 9.90 Å². The van der Waals surface area contributed by atoms with E-state index in [4.69, 9.17) is 0 Å². The van der Waals surface area contributed by atoms with Crippen molar-refractivity contribution >= 4 is 27.5 Å². The number of aliphatic carboxylic acids is 1. The van der Waals surface area contributed by atoms with Crippen LogP contribution in [0.3, 0.4) is 0 Å². The lowest BCUT2D eigenvalue weighted by molar-refractivity contribution is -0.142. The van der Waals surface area contributed by atoms with Crippen LogP contribution in [0.15, 0.2) is 78.9 Å². The van der Waals surface area contributed by atoms with Crippen LogP contribution in [0, 0.1) is 5.92 Å². The highest BCUT2D eigenvalue weighted by atomic mass is 16.4. The van der Waals surface area contributed by atoms with Gasteiger partial charge < -0.3 is 5.11 Å². The Morgan fingerprint density at radius 1 is 0.778 bits per heavy atom. The van der Waals surface area contributed by atoms with Crippen molar-refractivity contribution < 1.29 is 9.90 Å². The molecule has 1 aliphatic carbocycles. The number of carboxylic acid groups (broad SMARTS) is 1. The Balaban J connectivity index is 1.86. The number of aryl methyl sites for hydroxylation is 1. The molecule has 0 spiro atoms. The lowest BCUT2D eigenvalue weighted by Crippen LogP contribution is -2.28. The van der Waals surface area contributed by atoms with E-state index in [-0.39, 0.29) is 5.92 Å². The molecule has 0 aromatic heterocycles. The molecule has 5 rings (SSSR count). The van der Waals surface area contributed by atoms with Crippen molar-refractivity contribution in [3.05, 3.63) is 95.6 Å². The molecule has 27 heavy (non-hydrogen) atoms. The van der Waals surface area contributed by atoms with Crippen LogP contribution >= 0.6 is 0 Å². The quantitative estimate of drug-likeness (QED) is 0.497. The largest absolute Gasteiger partial charge is 0.481 e. The van der Waals surface area contributed by atoms with Gasteiger partial charge in [0.15, 0.2) is 0 Å². The van der Waals surface area contributed by atoms with Gasteiger partial charge in [0.2, 0.25) is 0 Å². The Morgan fingerprint density at radius 3 is 2.22 bits per heavy atom. The fourth-order valence-electron chi connectivity index (χ4n) is 4.76. The van der Waals surface area contributed by atoms with Gasteiger partial charge >= 0.3 is 5.97 Å². The van der Waals surface area contributed by atoms with Gasteiger partial charge in [-0.15, -0.1) is 0 Å². The maximum absolute atomic E-state index is 12.2. The molecule has 0 bridgehead atoms. The summed E-state index contributed by atoms with van der Waals surface area (Å²) in [5, 5.41) is 14.7. The first-order valence-electron chi connectivity index (χ1n) is 9.45. The van der Waals surface area contributed by atoms with E-state index < -0.39 is 11.9 Å². The molecule has 0 unspecified atom stereocenters. The molecule has 2 nitrogen and oxygen atoms in total. The minimum atomic E-state index is -0.702. The number of hydrogen-bond donors (Lipinski definition) is 1. The van der Waals surface area contributed by atoms with Crippen molar-refractivity contribution in [3.8, 4) is 0 Å². The van der Waals surface area contributed by atoms with Crippen LogP contribution in [-0.4, -0.2) is 11.1 Å². The summed E-state index contributed by atoms with van der Waals surface area (Å²) in [6.45, 7) is 0. The van der Waals surface area contributed by atoms with Crippen LogP contribution in [0.25, 0.3) is 21.5 Å². The molecule has 132 valence electrons. The van der Waals surface area contributed by atoms with E-state index in [1.54, 1.807) is 0 Å². The first-order chi connectivity index (χ1) is 13.2. The van der Waals surface area contributed by atoms with Crippen LogP contribution in [-0.2, 0) is 11.2 Å². The third-order valence-corrected chi connectivity index (χ3v) is 5.97. The van der Waals surface area contributed by atoms with Crippen molar-refractivity contribution in [1.29, 1.82) is 0 Å². The second-order valence-electron chi connectivity index (χ2n) is 7.39. The molecule has 0 aliphatic heterocycles. The van der Waals surface area contributed by atoms with E-state index in [1.807, 2.05) is 24.3 Å². The molecular weight excluding hydrogens is 332 g/mol. The molecule has 2 atom stereocenters.